The number of pyridine rings is 1. The zero-order chi connectivity index (χ0) is 20.6. The maximum Gasteiger partial charge on any atom is 0.417 e. The van der Waals surface area contributed by atoms with Gasteiger partial charge in [-0.05, 0) is 17.2 Å². The molecule has 29 heavy (non-hydrogen) atoms. The van der Waals surface area contributed by atoms with Crippen molar-refractivity contribution in [2.24, 2.45) is 0 Å². The molecule has 0 aliphatic carbocycles. The van der Waals surface area contributed by atoms with Crippen LogP contribution < -0.4 is 5.56 Å². The zero-order valence-corrected chi connectivity index (χ0v) is 15.5. The first-order chi connectivity index (χ1) is 13.8. The van der Waals surface area contributed by atoms with Gasteiger partial charge in [-0.2, -0.15) is 18.3 Å². The van der Waals surface area contributed by atoms with Crippen LogP contribution in [0.4, 0.5) is 13.2 Å². The summed E-state index contributed by atoms with van der Waals surface area (Å²) in [7, 11) is 0. The highest BCUT2D eigenvalue weighted by atomic mass is 35.5. The first-order valence-corrected chi connectivity index (χ1v) is 8.86. The molecule has 0 fully saturated rings. The lowest BCUT2D eigenvalue weighted by Gasteiger charge is -2.11. The third-order valence-corrected chi connectivity index (χ3v) is 4.65. The summed E-state index contributed by atoms with van der Waals surface area (Å²) >= 11 is 6.02. The zero-order valence-electron chi connectivity index (χ0n) is 14.8. The Kier molecular flexibility index (Phi) is 4.83. The lowest BCUT2D eigenvalue weighted by molar-refractivity contribution is -0.138. The van der Waals surface area contributed by atoms with Crippen molar-refractivity contribution < 1.29 is 13.2 Å². The second-order valence-electron chi connectivity index (χ2n) is 6.43. The normalized spacial score (nSPS) is 11.9. The summed E-state index contributed by atoms with van der Waals surface area (Å²) in [4.78, 5) is 19.9. The molecule has 0 saturated carbocycles. The van der Waals surface area contributed by atoms with Gasteiger partial charge in [0.2, 0.25) is 0 Å². The Labute approximate surface area is 167 Å². The fourth-order valence-electron chi connectivity index (χ4n) is 2.89. The molecule has 4 aromatic rings. The van der Waals surface area contributed by atoms with Crippen molar-refractivity contribution in [3.05, 3.63) is 87.3 Å². The standard InChI is InChI=1S/C19H13ClF3N5O/c20-17-15-10-28(26-18(15)25-11-24-17)8-13-3-1-12(2-4-13)7-27-9-14(19(21,22)23)5-6-16(27)29/h1-6,9-11H,7-8H2. The van der Waals surface area contributed by atoms with Crippen molar-refractivity contribution in [1.29, 1.82) is 0 Å². The average molecular weight is 420 g/mol. The molecule has 0 aliphatic rings. The van der Waals surface area contributed by atoms with Gasteiger partial charge in [0.15, 0.2) is 5.65 Å². The van der Waals surface area contributed by atoms with Gasteiger partial charge >= 0.3 is 6.18 Å². The monoisotopic (exact) mass is 419 g/mol. The molecule has 0 spiro atoms. The van der Waals surface area contributed by atoms with Crippen LogP contribution in [0.1, 0.15) is 16.7 Å². The van der Waals surface area contributed by atoms with Crippen molar-refractivity contribution >= 4 is 22.6 Å². The summed E-state index contributed by atoms with van der Waals surface area (Å²) in [5, 5.41) is 5.30. The van der Waals surface area contributed by atoms with Gasteiger partial charge in [-0.1, -0.05) is 35.9 Å². The van der Waals surface area contributed by atoms with Gasteiger partial charge in [0.1, 0.15) is 11.5 Å². The molecule has 0 N–H and O–H groups in total. The number of benzene rings is 1. The molecule has 3 aromatic heterocycles. The molecule has 0 unspecified atom stereocenters. The molecule has 148 valence electrons. The molecular weight excluding hydrogens is 407 g/mol. The number of halogens is 4. The summed E-state index contributed by atoms with van der Waals surface area (Å²) < 4.78 is 41.3. The van der Waals surface area contributed by atoms with E-state index in [4.69, 9.17) is 11.6 Å². The predicted molar refractivity (Wildman–Crippen MR) is 101 cm³/mol. The molecule has 0 saturated heterocycles. The SMILES string of the molecule is O=c1ccc(C(F)(F)F)cn1Cc1ccc(Cn2cc3c(Cl)ncnc3n2)cc1. The van der Waals surface area contributed by atoms with Gasteiger partial charge in [0.05, 0.1) is 24.0 Å². The predicted octanol–water partition coefficient (Wildman–Crippen LogP) is 3.76. The highest BCUT2D eigenvalue weighted by molar-refractivity contribution is 6.33. The van der Waals surface area contributed by atoms with Crippen LogP contribution in [0.3, 0.4) is 0 Å². The minimum absolute atomic E-state index is 0.0416. The minimum atomic E-state index is -4.50. The topological polar surface area (TPSA) is 65.6 Å². The summed E-state index contributed by atoms with van der Waals surface area (Å²) in [6.45, 7) is 0.496. The largest absolute Gasteiger partial charge is 0.417 e. The van der Waals surface area contributed by atoms with Crippen LogP contribution in [-0.2, 0) is 19.3 Å². The first kappa shape index (κ1) is 19.1. The number of hydrogen-bond acceptors (Lipinski definition) is 4. The Bertz CT molecular complexity index is 1230. The second kappa shape index (κ2) is 7.32. The van der Waals surface area contributed by atoms with E-state index in [1.165, 1.54) is 6.33 Å². The average Bonchev–Trinajstić information content (AvgIpc) is 3.08. The molecular formula is C19H13ClF3N5O. The van der Waals surface area contributed by atoms with Crippen LogP contribution in [0, 0.1) is 0 Å². The molecule has 1 aromatic carbocycles. The maximum atomic E-state index is 12.9. The number of alkyl halides is 3. The Hall–Kier alpha value is -3.20. The van der Waals surface area contributed by atoms with Crippen molar-refractivity contribution in [2.45, 2.75) is 19.3 Å². The van der Waals surface area contributed by atoms with E-state index in [-0.39, 0.29) is 6.54 Å². The highest BCUT2D eigenvalue weighted by Gasteiger charge is 2.31. The number of aromatic nitrogens is 5. The number of hydrogen-bond donors (Lipinski definition) is 0. The van der Waals surface area contributed by atoms with Crippen LogP contribution in [0.15, 0.2) is 59.9 Å². The lowest BCUT2D eigenvalue weighted by Crippen LogP contribution is -2.21. The van der Waals surface area contributed by atoms with E-state index < -0.39 is 17.3 Å². The molecule has 10 heteroatoms. The third-order valence-electron chi connectivity index (χ3n) is 4.35. The fourth-order valence-corrected chi connectivity index (χ4v) is 3.07. The summed E-state index contributed by atoms with van der Waals surface area (Å²) in [5.74, 6) is 0. The van der Waals surface area contributed by atoms with Crippen LogP contribution in [-0.4, -0.2) is 24.3 Å². The third kappa shape index (κ3) is 4.14. The van der Waals surface area contributed by atoms with E-state index in [0.29, 0.717) is 28.3 Å². The lowest BCUT2D eigenvalue weighted by atomic mass is 10.1. The van der Waals surface area contributed by atoms with Crippen molar-refractivity contribution in [3.63, 3.8) is 0 Å². The number of rotatable bonds is 4. The Morgan fingerprint density at radius 1 is 0.931 bits per heavy atom. The molecule has 0 amide bonds. The second-order valence-corrected chi connectivity index (χ2v) is 6.78. The van der Waals surface area contributed by atoms with Crippen LogP contribution >= 0.6 is 11.6 Å². The highest BCUT2D eigenvalue weighted by Crippen LogP contribution is 2.28. The van der Waals surface area contributed by atoms with Gasteiger partial charge in [-0.25, -0.2) is 9.97 Å². The van der Waals surface area contributed by atoms with Crippen LogP contribution in [0.2, 0.25) is 5.15 Å². The van der Waals surface area contributed by atoms with Gasteiger partial charge < -0.3 is 4.57 Å². The molecule has 3 heterocycles. The fraction of sp³-hybridized carbons (Fsp3) is 0.158. The van der Waals surface area contributed by atoms with Crippen molar-refractivity contribution in [3.8, 4) is 0 Å². The molecule has 0 atom stereocenters. The quantitative estimate of drug-likeness (QED) is 0.472. The summed E-state index contributed by atoms with van der Waals surface area (Å²) in [6.07, 6.45) is -0.587. The van der Waals surface area contributed by atoms with E-state index in [2.05, 4.69) is 15.1 Å². The Morgan fingerprint density at radius 3 is 2.28 bits per heavy atom. The Balaban J connectivity index is 1.52. The van der Waals surface area contributed by atoms with E-state index in [1.807, 2.05) is 12.1 Å². The molecule has 0 bridgehead atoms. The number of fused-ring (bicyclic) bond motifs is 1. The smallest absolute Gasteiger partial charge is 0.311 e. The van der Waals surface area contributed by atoms with Gasteiger partial charge in [0, 0.05) is 18.5 Å². The maximum absolute atomic E-state index is 12.9. The van der Waals surface area contributed by atoms with Crippen LogP contribution in [0.5, 0.6) is 0 Å². The molecule has 0 aliphatic heterocycles. The number of nitrogens with zero attached hydrogens (tertiary/aromatic N) is 5. The van der Waals surface area contributed by atoms with E-state index in [1.54, 1.807) is 23.0 Å². The van der Waals surface area contributed by atoms with Crippen molar-refractivity contribution in [2.75, 3.05) is 0 Å². The van der Waals surface area contributed by atoms with Gasteiger partial charge in [0.25, 0.3) is 5.56 Å². The van der Waals surface area contributed by atoms with Crippen LogP contribution in [0.25, 0.3) is 11.0 Å². The van der Waals surface area contributed by atoms with Gasteiger partial charge in [-0.15, -0.1) is 0 Å². The summed E-state index contributed by atoms with van der Waals surface area (Å²) in [6, 6.07) is 8.89. The van der Waals surface area contributed by atoms with E-state index in [9.17, 15) is 18.0 Å². The minimum Gasteiger partial charge on any atom is -0.311 e. The first-order valence-electron chi connectivity index (χ1n) is 8.49. The van der Waals surface area contributed by atoms with Gasteiger partial charge in [-0.3, -0.25) is 9.48 Å². The Morgan fingerprint density at radius 2 is 1.62 bits per heavy atom. The van der Waals surface area contributed by atoms with E-state index >= 15 is 0 Å². The molecule has 0 radical (unpaired) electrons. The van der Waals surface area contributed by atoms with Crippen molar-refractivity contribution in [1.82, 2.24) is 24.3 Å². The summed E-state index contributed by atoms with van der Waals surface area (Å²) in [5.41, 5.74) is 0.756. The van der Waals surface area contributed by atoms with E-state index in [0.717, 1.165) is 28.5 Å². The molecule has 4 rings (SSSR count). The molecule has 6 nitrogen and oxygen atoms in total.